The molecular weight excluding hydrogens is 390 g/mol. The fourth-order valence-electron chi connectivity index (χ4n) is 3.47. The van der Waals surface area contributed by atoms with Crippen LogP contribution in [0.25, 0.3) is 11.4 Å². The van der Waals surface area contributed by atoms with E-state index in [1.54, 1.807) is 37.3 Å². The number of fused-ring (bicyclic) bond motifs is 1. The summed E-state index contributed by atoms with van der Waals surface area (Å²) in [4.78, 5) is 11.4. The zero-order valence-electron chi connectivity index (χ0n) is 16.1. The Kier molecular flexibility index (Phi) is 4.83. The van der Waals surface area contributed by atoms with Crippen LogP contribution >= 0.6 is 0 Å². The van der Waals surface area contributed by atoms with E-state index in [1.165, 1.54) is 13.0 Å². The van der Waals surface area contributed by atoms with Crippen LogP contribution < -0.4 is 10.0 Å². The molecule has 1 aliphatic heterocycles. The minimum atomic E-state index is -3.84. The molecule has 0 atom stereocenters. The van der Waals surface area contributed by atoms with Crippen molar-refractivity contribution in [2.45, 2.75) is 38.1 Å². The van der Waals surface area contributed by atoms with E-state index in [0.29, 0.717) is 16.9 Å². The van der Waals surface area contributed by atoms with Crippen LogP contribution in [0.1, 0.15) is 24.7 Å². The van der Waals surface area contributed by atoms with Gasteiger partial charge in [-0.15, -0.1) is 10.2 Å². The third-order valence-electron chi connectivity index (χ3n) is 4.78. The van der Waals surface area contributed by atoms with Crippen LogP contribution in [-0.4, -0.2) is 29.1 Å². The van der Waals surface area contributed by atoms with Gasteiger partial charge in [0.05, 0.1) is 4.90 Å². The molecule has 0 spiro atoms. The van der Waals surface area contributed by atoms with Gasteiger partial charge in [0, 0.05) is 36.8 Å². The highest BCUT2D eigenvalue weighted by atomic mass is 32.2. The lowest BCUT2D eigenvalue weighted by Gasteiger charge is -2.13. The summed E-state index contributed by atoms with van der Waals surface area (Å²) >= 11 is 0. The van der Waals surface area contributed by atoms with Gasteiger partial charge < -0.3 is 9.88 Å². The molecule has 4 rings (SSSR count). The van der Waals surface area contributed by atoms with Crippen molar-refractivity contribution < 1.29 is 13.2 Å². The Morgan fingerprint density at radius 1 is 1.10 bits per heavy atom. The number of sulfonamides is 1. The molecular formula is C20H21N5O3S. The van der Waals surface area contributed by atoms with Gasteiger partial charge in [0.25, 0.3) is 10.0 Å². The Bertz CT molecular complexity index is 1200. The first-order valence-corrected chi connectivity index (χ1v) is 10.8. The first kappa shape index (κ1) is 19.1. The molecule has 0 unspecified atom stereocenters. The van der Waals surface area contributed by atoms with E-state index in [9.17, 15) is 13.2 Å². The van der Waals surface area contributed by atoms with Crippen molar-refractivity contribution in [2.75, 3.05) is 10.0 Å². The van der Waals surface area contributed by atoms with Crippen LogP contribution in [0, 0.1) is 6.92 Å². The second-order valence-corrected chi connectivity index (χ2v) is 8.69. The summed E-state index contributed by atoms with van der Waals surface area (Å²) in [6.07, 6.45) is 1.94. The Balaban J connectivity index is 1.65. The summed E-state index contributed by atoms with van der Waals surface area (Å²) in [5.41, 5.74) is 2.24. The summed E-state index contributed by atoms with van der Waals surface area (Å²) in [7, 11) is -3.84. The number of anilines is 2. The third kappa shape index (κ3) is 3.86. The normalized spacial score (nSPS) is 13.2. The molecule has 0 aliphatic carbocycles. The van der Waals surface area contributed by atoms with Gasteiger partial charge in [-0.3, -0.25) is 9.52 Å². The van der Waals surface area contributed by atoms with Crippen LogP contribution in [-0.2, 0) is 27.8 Å². The van der Waals surface area contributed by atoms with Gasteiger partial charge in [0.15, 0.2) is 5.82 Å². The molecule has 3 aromatic rings. The predicted molar refractivity (Wildman–Crippen MR) is 110 cm³/mol. The first-order chi connectivity index (χ1) is 13.8. The number of rotatable bonds is 5. The number of amides is 1. The maximum atomic E-state index is 13.0. The molecule has 0 saturated carbocycles. The van der Waals surface area contributed by atoms with Crippen LogP contribution in [0.3, 0.4) is 0 Å². The number of hydrogen-bond donors (Lipinski definition) is 2. The average Bonchev–Trinajstić information content (AvgIpc) is 3.26. The molecule has 150 valence electrons. The molecule has 8 nitrogen and oxygen atoms in total. The lowest BCUT2D eigenvalue weighted by molar-refractivity contribution is -0.114. The molecule has 0 fully saturated rings. The Morgan fingerprint density at radius 2 is 1.93 bits per heavy atom. The van der Waals surface area contributed by atoms with Crippen molar-refractivity contribution in [1.29, 1.82) is 0 Å². The zero-order chi connectivity index (χ0) is 20.6. The first-order valence-electron chi connectivity index (χ1n) is 9.27. The highest BCUT2D eigenvalue weighted by molar-refractivity contribution is 7.92. The predicted octanol–water partition coefficient (Wildman–Crippen LogP) is 2.96. The van der Waals surface area contributed by atoms with E-state index >= 15 is 0 Å². The number of aromatic nitrogens is 3. The minimum absolute atomic E-state index is 0.109. The van der Waals surface area contributed by atoms with Gasteiger partial charge in [0.1, 0.15) is 5.82 Å². The minimum Gasteiger partial charge on any atom is -0.326 e. The quantitative estimate of drug-likeness (QED) is 0.671. The molecule has 0 bridgehead atoms. The van der Waals surface area contributed by atoms with E-state index in [2.05, 4.69) is 24.8 Å². The highest BCUT2D eigenvalue weighted by Crippen LogP contribution is 2.27. The molecule has 29 heavy (non-hydrogen) atoms. The molecule has 2 N–H and O–H groups in total. The van der Waals surface area contributed by atoms with Gasteiger partial charge in [-0.1, -0.05) is 18.2 Å². The smallest absolute Gasteiger partial charge is 0.262 e. The summed E-state index contributed by atoms with van der Waals surface area (Å²) in [6, 6.07) is 11.9. The topological polar surface area (TPSA) is 106 Å². The van der Waals surface area contributed by atoms with Crippen LogP contribution in [0.2, 0.25) is 0 Å². The largest absolute Gasteiger partial charge is 0.326 e. The SMILES string of the molecule is CC(=O)Nc1ccc(C)c(S(=O)(=O)Nc2cccc(-c3nnc4n3CCC4)c2)c1. The summed E-state index contributed by atoms with van der Waals surface area (Å²) < 4.78 is 30.7. The fourth-order valence-corrected chi connectivity index (χ4v) is 4.79. The Morgan fingerprint density at radius 3 is 2.72 bits per heavy atom. The lowest BCUT2D eigenvalue weighted by Crippen LogP contribution is -2.15. The summed E-state index contributed by atoms with van der Waals surface area (Å²) in [6.45, 7) is 3.95. The number of carbonyl (C=O) groups excluding carboxylic acids is 1. The second-order valence-electron chi connectivity index (χ2n) is 7.04. The maximum absolute atomic E-state index is 13.0. The van der Waals surface area contributed by atoms with Gasteiger partial charge in [0.2, 0.25) is 5.91 Å². The Hall–Kier alpha value is -3.20. The van der Waals surface area contributed by atoms with Crippen molar-refractivity contribution in [3.63, 3.8) is 0 Å². The van der Waals surface area contributed by atoms with Gasteiger partial charge >= 0.3 is 0 Å². The number of hydrogen-bond acceptors (Lipinski definition) is 5. The Labute approximate surface area is 169 Å². The standard InChI is InChI=1S/C20H21N5O3S/c1-13-8-9-16(21-14(2)26)12-18(13)29(27,28)24-17-6-3-5-15(11-17)20-23-22-19-7-4-10-25(19)20/h3,5-6,8-9,11-12,24H,4,7,10H2,1-2H3,(H,21,26). The molecule has 9 heteroatoms. The summed E-state index contributed by atoms with van der Waals surface area (Å²) in [5.74, 6) is 1.43. The number of benzene rings is 2. The van der Waals surface area contributed by atoms with Gasteiger partial charge in [-0.25, -0.2) is 8.42 Å². The van der Waals surface area contributed by atoms with E-state index < -0.39 is 10.0 Å². The maximum Gasteiger partial charge on any atom is 0.262 e. The molecule has 0 saturated heterocycles. The van der Waals surface area contributed by atoms with Crippen molar-refractivity contribution in [1.82, 2.24) is 14.8 Å². The molecule has 1 amide bonds. The molecule has 2 aromatic carbocycles. The van der Waals surface area contributed by atoms with E-state index in [-0.39, 0.29) is 10.8 Å². The molecule has 1 aliphatic rings. The number of nitrogens with one attached hydrogen (secondary N) is 2. The third-order valence-corrected chi connectivity index (χ3v) is 6.30. The zero-order valence-corrected chi connectivity index (χ0v) is 17.0. The van der Waals surface area contributed by atoms with Gasteiger partial charge in [-0.2, -0.15) is 0 Å². The number of carbonyl (C=O) groups is 1. The fraction of sp³-hybridized carbons (Fsp3) is 0.250. The summed E-state index contributed by atoms with van der Waals surface area (Å²) in [5, 5.41) is 11.1. The monoisotopic (exact) mass is 411 g/mol. The van der Waals surface area contributed by atoms with E-state index in [0.717, 1.165) is 36.6 Å². The number of nitrogens with zero attached hydrogens (tertiary/aromatic N) is 3. The molecule has 2 heterocycles. The van der Waals surface area contributed by atoms with E-state index in [1.807, 2.05) is 6.07 Å². The van der Waals surface area contributed by atoms with Crippen molar-refractivity contribution >= 4 is 27.3 Å². The average molecular weight is 411 g/mol. The van der Waals surface area contributed by atoms with Crippen molar-refractivity contribution in [3.05, 3.63) is 53.9 Å². The van der Waals surface area contributed by atoms with Crippen LogP contribution in [0.4, 0.5) is 11.4 Å². The van der Waals surface area contributed by atoms with Crippen LogP contribution in [0.5, 0.6) is 0 Å². The number of aryl methyl sites for hydroxylation is 2. The highest BCUT2D eigenvalue weighted by Gasteiger charge is 2.21. The molecule has 1 aromatic heterocycles. The molecule has 0 radical (unpaired) electrons. The van der Waals surface area contributed by atoms with E-state index in [4.69, 9.17) is 0 Å². The second kappa shape index (κ2) is 7.32. The lowest BCUT2D eigenvalue weighted by atomic mass is 10.2. The van der Waals surface area contributed by atoms with Gasteiger partial charge in [-0.05, 0) is 43.2 Å². The van der Waals surface area contributed by atoms with Crippen molar-refractivity contribution in [2.24, 2.45) is 0 Å². The van der Waals surface area contributed by atoms with Crippen molar-refractivity contribution in [3.8, 4) is 11.4 Å². The van der Waals surface area contributed by atoms with Crippen LogP contribution in [0.15, 0.2) is 47.4 Å².